The van der Waals surface area contributed by atoms with Gasteiger partial charge in [0.25, 0.3) is 0 Å². The lowest BCUT2D eigenvalue weighted by Gasteiger charge is -2.20. The molecule has 0 aromatic rings. The third kappa shape index (κ3) is 7.44. The average Bonchev–Trinajstić information content (AvgIpc) is 3.21. The van der Waals surface area contributed by atoms with Crippen molar-refractivity contribution in [3.8, 4) is 0 Å². The van der Waals surface area contributed by atoms with Crippen LogP contribution in [0.1, 0.15) is 32.6 Å². The maximum atomic E-state index is 12.6. The Bertz CT molecular complexity index is 271. The van der Waals surface area contributed by atoms with Crippen molar-refractivity contribution in [1.82, 2.24) is 5.32 Å². The summed E-state index contributed by atoms with van der Waals surface area (Å²) in [5, 5.41) is 2.53. The number of halogens is 3. The molecule has 0 aromatic carbocycles. The summed E-state index contributed by atoms with van der Waals surface area (Å²) >= 11 is 0. The number of nitrogens with one attached hydrogen (secondary N) is 1. The summed E-state index contributed by atoms with van der Waals surface area (Å²) in [5.74, 6) is 0. The number of hydrogen-bond donors (Lipinski definition) is 1. The molecule has 0 atom stereocenters. The number of unbranched alkanes of at least 4 members (excludes halogenated alkanes) is 1. The predicted octanol–water partition coefficient (Wildman–Crippen LogP) is 2.52. The van der Waals surface area contributed by atoms with Gasteiger partial charge in [0.05, 0.1) is 33.0 Å². The average molecular weight is 313 g/mol. The molecule has 21 heavy (non-hydrogen) atoms. The molecular formula is C14H26F3NO3. The predicted molar refractivity (Wildman–Crippen MR) is 73.4 cm³/mol. The van der Waals surface area contributed by atoms with E-state index in [4.69, 9.17) is 14.2 Å². The van der Waals surface area contributed by atoms with Crippen molar-refractivity contribution in [1.29, 1.82) is 0 Å². The Hall–Kier alpha value is -0.370. The van der Waals surface area contributed by atoms with E-state index in [0.717, 1.165) is 19.4 Å². The van der Waals surface area contributed by atoms with Crippen LogP contribution in [0.15, 0.2) is 0 Å². The fourth-order valence-electron chi connectivity index (χ4n) is 1.84. The molecule has 1 aliphatic carbocycles. The van der Waals surface area contributed by atoms with Crippen molar-refractivity contribution >= 4 is 0 Å². The highest BCUT2D eigenvalue weighted by atomic mass is 19.4. The smallest absolute Gasteiger partial charge is 0.379 e. The Morgan fingerprint density at radius 1 is 0.905 bits per heavy atom. The van der Waals surface area contributed by atoms with Crippen molar-refractivity contribution < 1.29 is 27.4 Å². The van der Waals surface area contributed by atoms with Crippen LogP contribution in [0.3, 0.4) is 0 Å². The molecule has 1 fully saturated rings. The molecule has 1 N–H and O–H groups in total. The topological polar surface area (TPSA) is 39.7 Å². The molecule has 0 bridgehead atoms. The first-order valence-corrected chi connectivity index (χ1v) is 7.57. The molecule has 1 saturated carbocycles. The molecule has 0 spiro atoms. The van der Waals surface area contributed by atoms with Gasteiger partial charge in [-0.2, -0.15) is 13.2 Å². The highest BCUT2D eigenvalue weighted by molar-refractivity contribution is 5.07. The number of alkyl halides is 3. The zero-order valence-electron chi connectivity index (χ0n) is 12.6. The third-order valence-corrected chi connectivity index (χ3v) is 3.39. The standard InChI is InChI=1S/C14H26F3NO3/c1-2-3-7-19-9-11-21-12-10-20-8-6-18-13(4-5-13)14(15,16)17/h18H,2-12H2,1H3. The summed E-state index contributed by atoms with van der Waals surface area (Å²) in [6.07, 6.45) is -1.67. The van der Waals surface area contributed by atoms with Crippen molar-refractivity contribution in [2.45, 2.75) is 44.3 Å². The first-order chi connectivity index (χ1) is 10.0. The van der Waals surface area contributed by atoms with E-state index in [0.29, 0.717) is 26.4 Å². The summed E-state index contributed by atoms with van der Waals surface area (Å²) < 4.78 is 53.6. The van der Waals surface area contributed by atoms with Gasteiger partial charge >= 0.3 is 6.18 Å². The van der Waals surface area contributed by atoms with Crippen molar-refractivity contribution in [3.63, 3.8) is 0 Å². The molecule has 7 heteroatoms. The van der Waals surface area contributed by atoms with Gasteiger partial charge < -0.3 is 19.5 Å². The minimum absolute atomic E-state index is 0.164. The Balaban J connectivity index is 1.81. The van der Waals surface area contributed by atoms with Crippen molar-refractivity contribution in [2.24, 2.45) is 0 Å². The maximum absolute atomic E-state index is 12.6. The number of hydrogen-bond acceptors (Lipinski definition) is 4. The Labute approximate surface area is 124 Å². The fraction of sp³-hybridized carbons (Fsp3) is 1.00. The minimum Gasteiger partial charge on any atom is -0.379 e. The van der Waals surface area contributed by atoms with Crippen LogP contribution in [0.25, 0.3) is 0 Å². The summed E-state index contributed by atoms with van der Waals surface area (Å²) in [5.41, 5.74) is -1.65. The largest absolute Gasteiger partial charge is 0.406 e. The lowest BCUT2D eigenvalue weighted by atomic mass is 10.2. The summed E-state index contributed by atoms with van der Waals surface area (Å²) in [6, 6.07) is 0. The molecule has 1 aliphatic rings. The maximum Gasteiger partial charge on any atom is 0.406 e. The second kappa shape index (κ2) is 9.61. The van der Waals surface area contributed by atoms with E-state index in [2.05, 4.69) is 12.2 Å². The lowest BCUT2D eigenvalue weighted by molar-refractivity contribution is -0.166. The van der Waals surface area contributed by atoms with Crippen LogP contribution >= 0.6 is 0 Å². The molecule has 0 aliphatic heterocycles. The second-order valence-electron chi connectivity index (χ2n) is 5.20. The van der Waals surface area contributed by atoms with Crippen LogP contribution in [-0.2, 0) is 14.2 Å². The van der Waals surface area contributed by atoms with Crippen molar-refractivity contribution in [2.75, 3.05) is 46.2 Å². The zero-order valence-corrected chi connectivity index (χ0v) is 12.6. The van der Waals surface area contributed by atoms with Gasteiger partial charge in [0.1, 0.15) is 5.54 Å². The van der Waals surface area contributed by atoms with Crippen LogP contribution < -0.4 is 5.32 Å². The second-order valence-corrected chi connectivity index (χ2v) is 5.20. The van der Waals surface area contributed by atoms with E-state index in [-0.39, 0.29) is 26.0 Å². The molecule has 126 valence electrons. The van der Waals surface area contributed by atoms with Gasteiger partial charge in [-0.25, -0.2) is 0 Å². The fourth-order valence-corrected chi connectivity index (χ4v) is 1.84. The highest BCUT2D eigenvalue weighted by Crippen LogP contribution is 2.48. The quantitative estimate of drug-likeness (QED) is 0.530. The number of rotatable bonds is 13. The van der Waals surface area contributed by atoms with Crippen molar-refractivity contribution in [3.05, 3.63) is 0 Å². The summed E-state index contributed by atoms with van der Waals surface area (Å²) in [6.45, 7) is 5.22. The zero-order chi connectivity index (χ0) is 15.6. The van der Waals surface area contributed by atoms with Gasteiger partial charge in [-0.05, 0) is 19.3 Å². The molecule has 0 amide bonds. The normalized spacial score (nSPS) is 17.1. The van der Waals surface area contributed by atoms with Gasteiger partial charge in [0.2, 0.25) is 0 Å². The first-order valence-electron chi connectivity index (χ1n) is 7.57. The Kier molecular flexibility index (Phi) is 8.55. The van der Waals surface area contributed by atoms with Gasteiger partial charge in [-0.1, -0.05) is 13.3 Å². The van der Waals surface area contributed by atoms with Crippen LogP contribution in [-0.4, -0.2) is 57.9 Å². The first kappa shape index (κ1) is 18.7. The molecule has 4 nitrogen and oxygen atoms in total. The molecular weight excluding hydrogens is 287 g/mol. The molecule has 0 radical (unpaired) electrons. The third-order valence-electron chi connectivity index (χ3n) is 3.39. The van der Waals surface area contributed by atoms with Gasteiger partial charge in [0, 0.05) is 13.2 Å². The molecule has 0 heterocycles. The lowest BCUT2D eigenvalue weighted by Crippen LogP contribution is -2.46. The SMILES string of the molecule is CCCCOCCOCCOCCNC1(C(F)(F)F)CC1. The highest BCUT2D eigenvalue weighted by Gasteiger charge is 2.62. The molecule has 1 rings (SSSR count). The van der Waals surface area contributed by atoms with E-state index >= 15 is 0 Å². The van der Waals surface area contributed by atoms with E-state index in [1.54, 1.807) is 0 Å². The van der Waals surface area contributed by atoms with Crippen LogP contribution in [0.5, 0.6) is 0 Å². The molecule has 0 unspecified atom stereocenters. The van der Waals surface area contributed by atoms with Gasteiger partial charge in [-0.3, -0.25) is 0 Å². The van der Waals surface area contributed by atoms with E-state index in [9.17, 15) is 13.2 Å². The monoisotopic (exact) mass is 313 g/mol. The van der Waals surface area contributed by atoms with Gasteiger partial charge in [-0.15, -0.1) is 0 Å². The van der Waals surface area contributed by atoms with Crippen LogP contribution in [0.2, 0.25) is 0 Å². The molecule has 0 saturated heterocycles. The van der Waals surface area contributed by atoms with Gasteiger partial charge in [0.15, 0.2) is 0 Å². The van der Waals surface area contributed by atoms with E-state index in [1.165, 1.54) is 0 Å². The summed E-state index contributed by atoms with van der Waals surface area (Å²) in [7, 11) is 0. The van der Waals surface area contributed by atoms with Crippen LogP contribution in [0.4, 0.5) is 13.2 Å². The minimum atomic E-state index is -4.16. The molecule has 0 aromatic heterocycles. The Morgan fingerprint density at radius 2 is 1.43 bits per heavy atom. The van der Waals surface area contributed by atoms with Crippen LogP contribution in [0, 0.1) is 0 Å². The Morgan fingerprint density at radius 3 is 1.90 bits per heavy atom. The van der Waals surface area contributed by atoms with E-state index in [1.807, 2.05) is 0 Å². The van der Waals surface area contributed by atoms with E-state index < -0.39 is 11.7 Å². The number of ether oxygens (including phenoxy) is 3. The summed E-state index contributed by atoms with van der Waals surface area (Å²) in [4.78, 5) is 0.